The minimum Gasteiger partial charge on any atom is -0.491 e. The van der Waals surface area contributed by atoms with Crippen molar-refractivity contribution >= 4 is 22.2 Å². The second-order valence-electron chi connectivity index (χ2n) is 8.24. The Labute approximate surface area is 175 Å². The van der Waals surface area contributed by atoms with Crippen LogP contribution in [-0.4, -0.2) is 13.0 Å². The van der Waals surface area contributed by atoms with Crippen LogP contribution in [0, 0.1) is 45.9 Å². The Balaban J connectivity index is 1.98. The van der Waals surface area contributed by atoms with Gasteiger partial charge in [-0.1, -0.05) is 20.8 Å². The number of nitrogens with one attached hydrogen (secondary N) is 1. The van der Waals surface area contributed by atoms with Gasteiger partial charge in [-0.2, -0.15) is 14.0 Å². The highest BCUT2D eigenvalue weighted by molar-refractivity contribution is 7.16. The molecule has 0 unspecified atom stereocenters. The van der Waals surface area contributed by atoms with E-state index in [0.717, 1.165) is 35.3 Å². The fourth-order valence-electron chi connectivity index (χ4n) is 3.69. The van der Waals surface area contributed by atoms with E-state index in [1.54, 1.807) is 0 Å². The Morgan fingerprint density at radius 3 is 2.27 bits per heavy atom. The van der Waals surface area contributed by atoms with Crippen molar-refractivity contribution in [3.05, 3.63) is 44.8 Å². The molecule has 0 saturated carbocycles. The second kappa shape index (κ2) is 7.91. The lowest BCUT2D eigenvalue weighted by Gasteiger charge is -2.33. The number of thiophene rings is 1. The lowest BCUT2D eigenvalue weighted by Crippen LogP contribution is -2.26. The number of ether oxygens (including phenoxy) is 1. The molecule has 0 bridgehead atoms. The van der Waals surface area contributed by atoms with Crippen molar-refractivity contribution in [3.8, 4) is 11.8 Å². The van der Waals surface area contributed by atoms with Gasteiger partial charge in [0.05, 0.1) is 12.7 Å². The summed E-state index contributed by atoms with van der Waals surface area (Å²) in [5, 5.41) is 11.9. The number of nitriles is 1. The lowest BCUT2D eigenvalue weighted by molar-refractivity contribution is 0.101. The third-order valence-electron chi connectivity index (χ3n) is 5.48. The van der Waals surface area contributed by atoms with Crippen molar-refractivity contribution in [2.45, 2.75) is 40.0 Å². The van der Waals surface area contributed by atoms with Gasteiger partial charge in [-0.25, -0.2) is 8.78 Å². The fourth-order valence-corrected chi connectivity index (χ4v) is 4.96. The molecule has 160 valence electrons. The zero-order valence-electron chi connectivity index (χ0n) is 16.9. The number of carbonyl (C=O) groups excluding carboxylic acids is 1. The van der Waals surface area contributed by atoms with Crippen LogP contribution >= 0.6 is 11.3 Å². The summed E-state index contributed by atoms with van der Waals surface area (Å²) in [5.74, 6) is -9.60. The van der Waals surface area contributed by atoms with E-state index in [4.69, 9.17) is 0 Å². The third kappa shape index (κ3) is 3.65. The number of hydrogen-bond donors (Lipinski definition) is 1. The predicted octanol–water partition coefficient (Wildman–Crippen LogP) is 5.59. The number of fused-ring (bicyclic) bond motifs is 1. The molecule has 1 amide bonds. The Bertz CT molecular complexity index is 1040. The number of hydrogen-bond acceptors (Lipinski definition) is 4. The van der Waals surface area contributed by atoms with Crippen molar-refractivity contribution in [1.82, 2.24) is 0 Å². The summed E-state index contributed by atoms with van der Waals surface area (Å²) in [6, 6.07) is 2.02. The van der Waals surface area contributed by atoms with Crippen LogP contribution in [0.1, 0.15) is 53.6 Å². The lowest BCUT2D eigenvalue weighted by atomic mass is 9.72. The van der Waals surface area contributed by atoms with E-state index in [1.165, 1.54) is 0 Å². The number of anilines is 1. The fraction of sp³-hybridized carbons (Fsp3) is 0.429. The van der Waals surface area contributed by atoms with E-state index >= 15 is 0 Å². The number of halogens is 4. The van der Waals surface area contributed by atoms with Crippen LogP contribution in [-0.2, 0) is 12.8 Å². The molecular formula is C21H20F4N2O2S. The molecule has 1 N–H and O–H groups in total. The molecule has 1 aromatic heterocycles. The molecule has 1 heterocycles. The average molecular weight is 440 g/mol. The predicted molar refractivity (Wildman–Crippen MR) is 105 cm³/mol. The minimum absolute atomic E-state index is 0.0578. The number of rotatable bonds is 3. The molecule has 0 saturated heterocycles. The largest absolute Gasteiger partial charge is 0.491 e. The number of carbonyl (C=O) groups is 1. The first-order chi connectivity index (χ1) is 14.0. The van der Waals surface area contributed by atoms with Crippen molar-refractivity contribution in [2.24, 2.45) is 11.3 Å². The van der Waals surface area contributed by atoms with Crippen LogP contribution in [0.5, 0.6) is 5.75 Å². The summed E-state index contributed by atoms with van der Waals surface area (Å²) in [5.41, 5.74) is -0.339. The molecule has 1 atom stereocenters. The highest BCUT2D eigenvalue weighted by Crippen LogP contribution is 2.44. The number of nitrogens with zero attached hydrogens (tertiary/aromatic N) is 1. The minimum atomic E-state index is -1.86. The summed E-state index contributed by atoms with van der Waals surface area (Å²) in [4.78, 5) is 13.4. The van der Waals surface area contributed by atoms with E-state index in [0.29, 0.717) is 18.8 Å². The van der Waals surface area contributed by atoms with Gasteiger partial charge >= 0.3 is 0 Å². The molecule has 1 aromatic carbocycles. The SMILES string of the molecule is COc1c(F)c(F)c(C(=O)Nc2sc3c(c2C#N)CC[C@H](C(C)(C)C)C3)c(F)c1F. The van der Waals surface area contributed by atoms with Gasteiger partial charge in [0.2, 0.25) is 11.6 Å². The molecule has 4 nitrogen and oxygen atoms in total. The van der Waals surface area contributed by atoms with Crippen LogP contribution < -0.4 is 10.1 Å². The smallest absolute Gasteiger partial charge is 0.262 e. The average Bonchev–Trinajstić information content (AvgIpc) is 3.02. The van der Waals surface area contributed by atoms with Crippen LogP contribution in [0.25, 0.3) is 0 Å². The molecule has 9 heteroatoms. The summed E-state index contributed by atoms with van der Waals surface area (Å²) < 4.78 is 60.7. The van der Waals surface area contributed by atoms with E-state index in [9.17, 15) is 27.6 Å². The quantitative estimate of drug-likeness (QED) is 0.500. The van der Waals surface area contributed by atoms with Gasteiger partial charge in [-0.05, 0) is 36.2 Å². The topological polar surface area (TPSA) is 62.1 Å². The molecule has 0 fully saturated rings. The van der Waals surface area contributed by atoms with Gasteiger partial charge in [-0.15, -0.1) is 11.3 Å². The van der Waals surface area contributed by atoms with Gasteiger partial charge < -0.3 is 10.1 Å². The summed E-state index contributed by atoms with van der Waals surface area (Å²) in [6.45, 7) is 6.38. The Kier molecular flexibility index (Phi) is 5.83. The Morgan fingerprint density at radius 1 is 1.17 bits per heavy atom. The van der Waals surface area contributed by atoms with Gasteiger partial charge in [0, 0.05) is 4.88 Å². The summed E-state index contributed by atoms with van der Waals surface area (Å²) in [6.07, 6.45) is 2.22. The highest BCUT2D eigenvalue weighted by atomic mass is 32.1. The monoisotopic (exact) mass is 440 g/mol. The normalized spacial score (nSPS) is 16.0. The van der Waals surface area contributed by atoms with Crippen LogP contribution in [0.4, 0.5) is 22.6 Å². The van der Waals surface area contributed by atoms with Crippen molar-refractivity contribution in [1.29, 1.82) is 5.26 Å². The molecule has 2 aromatic rings. The van der Waals surface area contributed by atoms with E-state index in [-0.39, 0.29) is 16.0 Å². The van der Waals surface area contributed by atoms with Gasteiger partial charge in [0.15, 0.2) is 17.4 Å². The zero-order chi connectivity index (χ0) is 22.4. The van der Waals surface area contributed by atoms with Crippen LogP contribution in [0.3, 0.4) is 0 Å². The molecule has 0 spiro atoms. The molecule has 1 aliphatic rings. The first-order valence-electron chi connectivity index (χ1n) is 9.27. The summed E-state index contributed by atoms with van der Waals surface area (Å²) >= 11 is 1.15. The van der Waals surface area contributed by atoms with Gasteiger partial charge in [-0.3, -0.25) is 4.79 Å². The molecule has 0 aliphatic heterocycles. The molecular weight excluding hydrogens is 420 g/mol. The van der Waals surface area contributed by atoms with E-state index in [2.05, 4.69) is 30.8 Å². The van der Waals surface area contributed by atoms with Gasteiger partial charge in [0.1, 0.15) is 16.6 Å². The second-order valence-corrected chi connectivity index (χ2v) is 9.35. The molecule has 1 aliphatic carbocycles. The molecule has 3 rings (SSSR count). The highest BCUT2D eigenvalue weighted by Gasteiger charge is 2.34. The maximum absolute atomic E-state index is 14.3. The first-order valence-corrected chi connectivity index (χ1v) is 10.1. The van der Waals surface area contributed by atoms with Crippen LogP contribution in [0.2, 0.25) is 0 Å². The van der Waals surface area contributed by atoms with Crippen molar-refractivity contribution in [2.75, 3.05) is 12.4 Å². The zero-order valence-corrected chi connectivity index (χ0v) is 17.7. The number of methoxy groups -OCH3 is 1. The number of benzene rings is 1. The maximum Gasteiger partial charge on any atom is 0.262 e. The van der Waals surface area contributed by atoms with Crippen molar-refractivity contribution in [3.63, 3.8) is 0 Å². The van der Waals surface area contributed by atoms with Gasteiger partial charge in [0.25, 0.3) is 5.91 Å². The van der Waals surface area contributed by atoms with E-state index < -0.39 is 40.5 Å². The Morgan fingerprint density at radius 2 is 1.77 bits per heavy atom. The number of amides is 1. The first kappa shape index (κ1) is 22.1. The van der Waals surface area contributed by atoms with Crippen LogP contribution in [0.15, 0.2) is 0 Å². The molecule has 30 heavy (non-hydrogen) atoms. The third-order valence-corrected chi connectivity index (χ3v) is 6.65. The molecule has 0 radical (unpaired) electrons. The standard InChI is InChI=1S/C21H20F4N2O2S/c1-21(2,3)9-5-6-10-11(8-26)20(30-12(10)7-9)27-19(28)13-14(22)16(24)18(29-4)17(25)15(13)23/h9H,5-7H2,1-4H3,(H,27,28)/t9-/m0/s1. The maximum atomic E-state index is 14.3. The Hall–Kier alpha value is -2.60. The van der Waals surface area contributed by atoms with E-state index in [1.807, 2.05) is 6.07 Å². The van der Waals surface area contributed by atoms with Crippen molar-refractivity contribution < 1.29 is 27.1 Å². The summed E-state index contributed by atoms with van der Waals surface area (Å²) in [7, 11) is 0.848.